The van der Waals surface area contributed by atoms with E-state index in [9.17, 15) is 14.3 Å². The molecule has 3 heterocycles. The van der Waals surface area contributed by atoms with Crippen molar-refractivity contribution in [1.29, 1.82) is 5.26 Å². The molecule has 7 nitrogen and oxygen atoms in total. The fraction of sp³-hybridized carbons (Fsp3) is 0.458. The van der Waals surface area contributed by atoms with Crippen molar-refractivity contribution in [2.75, 3.05) is 31.1 Å². The molecule has 32 heavy (non-hydrogen) atoms. The largest absolute Gasteiger partial charge is 0.394 e. The second-order valence-electron chi connectivity index (χ2n) is 8.65. The van der Waals surface area contributed by atoms with E-state index in [1.54, 1.807) is 24.4 Å². The van der Waals surface area contributed by atoms with Crippen molar-refractivity contribution in [3.8, 4) is 6.07 Å². The average molecular weight is 438 g/mol. The number of aliphatic hydroxyl groups excluding tert-OH is 1. The molecule has 2 aliphatic rings. The minimum Gasteiger partial charge on any atom is -0.394 e. The van der Waals surface area contributed by atoms with E-state index < -0.39 is 0 Å². The van der Waals surface area contributed by atoms with E-state index in [2.05, 4.69) is 28.2 Å². The van der Waals surface area contributed by atoms with Crippen molar-refractivity contribution in [2.24, 2.45) is 5.92 Å². The van der Waals surface area contributed by atoms with E-state index in [-0.39, 0.29) is 36.5 Å². The Morgan fingerprint density at radius 2 is 2.09 bits per heavy atom. The highest BCUT2D eigenvalue weighted by molar-refractivity contribution is 5.77. The number of anilines is 1. The predicted molar refractivity (Wildman–Crippen MR) is 118 cm³/mol. The minimum atomic E-state index is -0.334. The summed E-state index contributed by atoms with van der Waals surface area (Å²) in [6, 6.07) is 11.9. The van der Waals surface area contributed by atoms with Crippen LogP contribution in [0.3, 0.4) is 0 Å². The van der Waals surface area contributed by atoms with Crippen molar-refractivity contribution < 1.29 is 14.3 Å². The van der Waals surface area contributed by atoms with Crippen LogP contribution in [0.5, 0.6) is 0 Å². The highest BCUT2D eigenvalue weighted by Gasteiger charge is 2.45. The molecule has 2 aliphatic heterocycles. The molecular formula is C24H28FN5O2. The van der Waals surface area contributed by atoms with Crippen molar-refractivity contribution in [3.63, 3.8) is 0 Å². The number of halogens is 1. The third-order valence-electron chi connectivity index (χ3n) is 6.57. The standard InChI is InChI=1S/C24H28FN5O2/c1-16-10-20-13-29(14-22(16)30(20)23-7-2-17(11-26)12-28-23)24(32)8-9-27-21(15-31)18-3-5-19(25)6-4-18/h2-7,12,16,20-22,27,31H,8-10,13-15H2,1H3/t16-,20?,21-,22?/m0/s1. The van der Waals surface area contributed by atoms with Crippen LogP contribution < -0.4 is 10.2 Å². The summed E-state index contributed by atoms with van der Waals surface area (Å²) < 4.78 is 13.1. The number of carbonyl (C=O) groups excluding carboxylic acids is 1. The Morgan fingerprint density at radius 3 is 2.72 bits per heavy atom. The van der Waals surface area contributed by atoms with E-state index in [4.69, 9.17) is 5.26 Å². The first kappa shape index (κ1) is 22.2. The summed E-state index contributed by atoms with van der Waals surface area (Å²) in [4.78, 5) is 21.6. The Labute approximate surface area is 187 Å². The predicted octanol–water partition coefficient (Wildman–Crippen LogP) is 2.23. The average Bonchev–Trinajstić information content (AvgIpc) is 3.01. The molecule has 4 atom stereocenters. The molecule has 0 saturated carbocycles. The zero-order valence-electron chi connectivity index (χ0n) is 18.1. The van der Waals surface area contributed by atoms with Crippen molar-refractivity contribution in [3.05, 3.63) is 59.5 Å². The maximum atomic E-state index is 13.1. The van der Waals surface area contributed by atoms with Gasteiger partial charge in [-0.05, 0) is 42.2 Å². The number of likely N-dealkylation sites (tertiary alicyclic amines) is 1. The first-order valence-corrected chi connectivity index (χ1v) is 11.0. The molecule has 2 saturated heterocycles. The third-order valence-corrected chi connectivity index (χ3v) is 6.57. The molecule has 2 unspecified atom stereocenters. The smallest absolute Gasteiger partial charge is 0.223 e. The molecular weight excluding hydrogens is 409 g/mol. The maximum Gasteiger partial charge on any atom is 0.223 e. The number of aliphatic hydroxyl groups is 1. The van der Waals surface area contributed by atoms with Crippen LogP contribution in [0.2, 0.25) is 0 Å². The Hall–Kier alpha value is -3.02. The summed E-state index contributed by atoms with van der Waals surface area (Å²) in [7, 11) is 0. The van der Waals surface area contributed by atoms with Crippen LogP contribution in [0.25, 0.3) is 0 Å². The molecule has 2 fully saturated rings. The second kappa shape index (κ2) is 9.63. The van der Waals surface area contributed by atoms with Crippen molar-refractivity contribution in [2.45, 2.75) is 37.9 Å². The van der Waals surface area contributed by atoms with Crippen molar-refractivity contribution in [1.82, 2.24) is 15.2 Å². The van der Waals surface area contributed by atoms with Gasteiger partial charge in [0, 0.05) is 38.3 Å². The fourth-order valence-corrected chi connectivity index (χ4v) is 4.89. The van der Waals surface area contributed by atoms with Crippen LogP contribution in [-0.4, -0.2) is 59.2 Å². The zero-order chi connectivity index (χ0) is 22.7. The van der Waals surface area contributed by atoms with Gasteiger partial charge in [0.05, 0.1) is 24.3 Å². The van der Waals surface area contributed by atoms with Crippen LogP contribution in [-0.2, 0) is 4.79 Å². The lowest BCUT2D eigenvalue weighted by Crippen LogP contribution is -2.56. The number of amides is 1. The van der Waals surface area contributed by atoms with Gasteiger partial charge in [-0.3, -0.25) is 4.79 Å². The molecule has 2 bridgehead atoms. The topological polar surface area (TPSA) is 92.5 Å². The lowest BCUT2D eigenvalue weighted by molar-refractivity contribution is -0.132. The third kappa shape index (κ3) is 4.59. The normalized spacial score (nSPS) is 23.1. The molecule has 2 N–H and O–H groups in total. The molecule has 168 valence electrons. The summed E-state index contributed by atoms with van der Waals surface area (Å²) in [6.45, 7) is 3.83. The number of rotatable bonds is 7. The van der Waals surface area contributed by atoms with Crippen LogP contribution in [0.1, 0.15) is 36.9 Å². The first-order valence-electron chi connectivity index (χ1n) is 11.0. The number of nitrogens with zero attached hydrogens (tertiary/aromatic N) is 4. The van der Waals surface area contributed by atoms with Gasteiger partial charge in [0.2, 0.25) is 5.91 Å². The Kier molecular flexibility index (Phi) is 6.68. The number of aromatic nitrogens is 1. The van der Waals surface area contributed by atoms with E-state index in [0.717, 1.165) is 17.8 Å². The van der Waals surface area contributed by atoms with Gasteiger partial charge in [-0.2, -0.15) is 5.26 Å². The van der Waals surface area contributed by atoms with E-state index >= 15 is 0 Å². The monoisotopic (exact) mass is 437 g/mol. The number of pyridine rings is 1. The van der Waals surface area contributed by atoms with E-state index in [1.807, 2.05) is 11.0 Å². The van der Waals surface area contributed by atoms with Gasteiger partial charge >= 0.3 is 0 Å². The van der Waals surface area contributed by atoms with Crippen LogP contribution in [0, 0.1) is 23.1 Å². The molecule has 1 aromatic carbocycles. The molecule has 8 heteroatoms. The number of nitrogens with one attached hydrogen (secondary N) is 1. The number of hydrogen-bond donors (Lipinski definition) is 2. The highest BCUT2D eigenvalue weighted by atomic mass is 19.1. The molecule has 1 amide bonds. The van der Waals surface area contributed by atoms with Gasteiger partial charge in [0.15, 0.2) is 0 Å². The van der Waals surface area contributed by atoms with Crippen molar-refractivity contribution >= 4 is 11.7 Å². The lowest BCUT2D eigenvalue weighted by atomic mass is 10.0. The van der Waals surface area contributed by atoms with Gasteiger partial charge in [0.25, 0.3) is 0 Å². The number of nitriles is 1. The molecule has 1 aromatic heterocycles. The zero-order valence-corrected chi connectivity index (χ0v) is 18.1. The Bertz CT molecular complexity index is 975. The number of carbonyl (C=O) groups is 1. The summed E-state index contributed by atoms with van der Waals surface area (Å²) >= 11 is 0. The number of fused-ring (bicyclic) bond motifs is 2. The molecule has 0 spiro atoms. The maximum absolute atomic E-state index is 13.1. The summed E-state index contributed by atoms with van der Waals surface area (Å²) in [5.74, 6) is 1.08. The van der Waals surface area contributed by atoms with Gasteiger partial charge < -0.3 is 20.2 Å². The molecule has 0 radical (unpaired) electrons. The quantitative estimate of drug-likeness (QED) is 0.690. The van der Waals surface area contributed by atoms with E-state index in [0.29, 0.717) is 37.5 Å². The minimum absolute atomic E-state index is 0.0878. The summed E-state index contributed by atoms with van der Waals surface area (Å²) in [5.41, 5.74) is 1.33. The summed E-state index contributed by atoms with van der Waals surface area (Å²) in [5, 5.41) is 21.9. The van der Waals surface area contributed by atoms with Gasteiger partial charge in [-0.25, -0.2) is 9.37 Å². The molecule has 4 rings (SSSR count). The second-order valence-corrected chi connectivity index (χ2v) is 8.65. The van der Waals surface area contributed by atoms with Crippen LogP contribution >= 0.6 is 0 Å². The fourth-order valence-electron chi connectivity index (χ4n) is 4.89. The number of piperazine rings is 1. The van der Waals surface area contributed by atoms with Gasteiger partial charge in [-0.15, -0.1) is 0 Å². The highest BCUT2D eigenvalue weighted by Crippen LogP contribution is 2.37. The van der Waals surface area contributed by atoms with E-state index in [1.165, 1.54) is 12.1 Å². The van der Waals surface area contributed by atoms with Crippen LogP contribution in [0.4, 0.5) is 10.2 Å². The Balaban J connectivity index is 1.33. The molecule has 2 aromatic rings. The van der Waals surface area contributed by atoms with Crippen LogP contribution in [0.15, 0.2) is 42.6 Å². The van der Waals surface area contributed by atoms with Gasteiger partial charge in [-0.1, -0.05) is 19.1 Å². The number of benzene rings is 1. The first-order chi connectivity index (χ1) is 15.5. The lowest BCUT2D eigenvalue weighted by Gasteiger charge is -2.42. The number of hydrogen-bond acceptors (Lipinski definition) is 6. The summed E-state index contributed by atoms with van der Waals surface area (Å²) in [6.07, 6.45) is 2.94. The SMILES string of the molecule is C[C@H]1CC2CN(C(=O)CCN[C@@H](CO)c3ccc(F)cc3)CC1N2c1ccc(C#N)cn1. The molecule has 0 aliphatic carbocycles. The van der Waals surface area contributed by atoms with Gasteiger partial charge in [0.1, 0.15) is 17.7 Å². The Morgan fingerprint density at radius 1 is 1.31 bits per heavy atom.